The Morgan fingerprint density at radius 2 is 1.81 bits per heavy atom. The van der Waals surface area contributed by atoms with Crippen LogP contribution in [0, 0.1) is 0 Å². The molecule has 2 heterocycles. The lowest BCUT2D eigenvalue weighted by molar-refractivity contribution is 0.344. The van der Waals surface area contributed by atoms with Gasteiger partial charge in [0.25, 0.3) is 0 Å². The smallest absolute Gasteiger partial charge is 0.249 e. The lowest BCUT2D eigenvalue weighted by Crippen LogP contribution is -2.43. The molecule has 0 aliphatic carbocycles. The first-order valence-electron chi connectivity index (χ1n) is 8.01. The van der Waals surface area contributed by atoms with Gasteiger partial charge in [0.15, 0.2) is 0 Å². The van der Waals surface area contributed by atoms with Crippen LogP contribution in [-0.4, -0.2) is 54.2 Å². The third-order valence-corrected chi connectivity index (χ3v) is 8.88. The number of hydrogen-bond acceptors (Lipinski definition) is 6. The maximum atomic E-state index is 12.7. The minimum absolute atomic E-state index is 0.0881. The highest BCUT2D eigenvalue weighted by Gasteiger charge is 2.37. The fourth-order valence-corrected chi connectivity index (χ4v) is 6.62. The van der Waals surface area contributed by atoms with Crippen LogP contribution in [0.4, 0.5) is 0 Å². The molecule has 0 spiro atoms. The second-order valence-electron chi connectivity index (χ2n) is 6.22. The molecule has 11 heteroatoms. The summed E-state index contributed by atoms with van der Waals surface area (Å²) in [5.41, 5.74) is 0.531. The number of halogens is 1. The maximum Gasteiger partial charge on any atom is 0.249 e. The van der Waals surface area contributed by atoms with E-state index >= 15 is 0 Å². The van der Waals surface area contributed by atoms with Gasteiger partial charge >= 0.3 is 0 Å². The second kappa shape index (κ2) is 7.26. The van der Waals surface area contributed by atoms with E-state index < -0.39 is 25.1 Å². The zero-order valence-corrected chi connectivity index (χ0v) is 16.5. The Labute approximate surface area is 157 Å². The monoisotopic (exact) mass is 418 g/mol. The number of sulfone groups is 1. The number of hydrogen-bond donors (Lipinski definition) is 0. The number of piperidine rings is 1. The van der Waals surface area contributed by atoms with Crippen molar-refractivity contribution >= 4 is 31.5 Å². The molecule has 0 atom stereocenters. The summed E-state index contributed by atoms with van der Waals surface area (Å²) in [6.07, 6.45) is 1.77. The minimum Gasteiger partial charge on any atom is -0.308 e. The standard InChI is InChI=1S/C15H19ClN4O4S2/c1-19-11-17-18-15(19)26(23,24)13-6-8-20(9-7-13)25(21,22)10-12-4-2-3-5-14(12)16/h2-5,11,13H,6-10H2,1H3. The first-order chi connectivity index (χ1) is 12.2. The van der Waals surface area contributed by atoms with E-state index in [0.29, 0.717) is 10.6 Å². The number of sulfonamides is 1. The van der Waals surface area contributed by atoms with E-state index in [0.717, 1.165) is 0 Å². The molecule has 1 saturated heterocycles. The van der Waals surface area contributed by atoms with Crippen molar-refractivity contribution in [3.8, 4) is 0 Å². The van der Waals surface area contributed by atoms with Crippen molar-refractivity contribution in [3.63, 3.8) is 0 Å². The first kappa shape index (κ1) is 19.3. The van der Waals surface area contributed by atoms with E-state index in [1.54, 1.807) is 31.3 Å². The largest absolute Gasteiger partial charge is 0.308 e. The van der Waals surface area contributed by atoms with Gasteiger partial charge in [-0.05, 0) is 24.5 Å². The van der Waals surface area contributed by atoms with Gasteiger partial charge in [-0.25, -0.2) is 21.1 Å². The maximum absolute atomic E-state index is 12.7. The molecule has 0 N–H and O–H groups in total. The number of rotatable bonds is 5. The first-order valence-corrected chi connectivity index (χ1v) is 11.5. The fraction of sp³-hybridized carbons (Fsp3) is 0.467. The molecule has 0 bridgehead atoms. The van der Waals surface area contributed by atoms with Gasteiger partial charge in [-0.3, -0.25) is 0 Å². The Morgan fingerprint density at radius 3 is 2.38 bits per heavy atom. The van der Waals surface area contributed by atoms with Gasteiger partial charge in [0.2, 0.25) is 25.0 Å². The Hall–Kier alpha value is -1.49. The van der Waals surface area contributed by atoms with Gasteiger partial charge in [0.05, 0.1) is 11.0 Å². The zero-order chi connectivity index (χ0) is 18.9. The predicted octanol–water partition coefficient (Wildman–Crippen LogP) is 1.24. The minimum atomic E-state index is -3.64. The summed E-state index contributed by atoms with van der Waals surface area (Å²) in [7, 11) is -5.64. The van der Waals surface area contributed by atoms with E-state index in [9.17, 15) is 16.8 Å². The van der Waals surface area contributed by atoms with Gasteiger partial charge in [0, 0.05) is 25.2 Å². The molecule has 2 aromatic rings. The molecule has 142 valence electrons. The van der Waals surface area contributed by atoms with E-state index in [4.69, 9.17) is 11.6 Å². The van der Waals surface area contributed by atoms with Crippen molar-refractivity contribution in [2.75, 3.05) is 13.1 Å². The van der Waals surface area contributed by atoms with E-state index in [-0.39, 0.29) is 36.8 Å². The van der Waals surface area contributed by atoms with Crippen LogP contribution in [0.1, 0.15) is 18.4 Å². The van der Waals surface area contributed by atoms with E-state index in [2.05, 4.69) is 10.2 Å². The second-order valence-corrected chi connectivity index (χ2v) is 10.7. The topological polar surface area (TPSA) is 102 Å². The third kappa shape index (κ3) is 3.78. The summed E-state index contributed by atoms with van der Waals surface area (Å²) in [4.78, 5) is 0. The van der Waals surface area contributed by atoms with Crippen LogP contribution in [0.5, 0.6) is 0 Å². The molecule has 1 aliphatic rings. The summed E-state index contributed by atoms with van der Waals surface area (Å²) < 4.78 is 53.3. The van der Waals surface area contributed by atoms with Crippen molar-refractivity contribution < 1.29 is 16.8 Å². The van der Waals surface area contributed by atoms with E-state index in [1.807, 2.05) is 0 Å². The Morgan fingerprint density at radius 1 is 1.15 bits per heavy atom. The van der Waals surface area contributed by atoms with Crippen LogP contribution in [0.2, 0.25) is 5.02 Å². The molecule has 26 heavy (non-hydrogen) atoms. The Kier molecular flexibility index (Phi) is 5.38. The van der Waals surface area contributed by atoms with Crippen LogP contribution < -0.4 is 0 Å². The molecule has 1 aromatic heterocycles. The lowest BCUT2D eigenvalue weighted by atomic mass is 10.2. The Balaban J connectivity index is 1.70. The SMILES string of the molecule is Cn1cnnc1S(=O)(=O)C1CCN(S(=O)(=O)Cc2ccccc2Cl)CC1. The van der Waals surface area contributed by atoms with E-state index in [1.165, 1.54) is 15.2 Å². The molecule has 0 amide bonds. The van der Waals surface area contributed by atoms with Crippen molar-refractivity contribution in [3.05, 3.63) is 41.2 Å². The molecule has 1 aromatic carbocycles. The number of nitrogens with zero attached hydrogens (tertiary/aromatic N) is 4. The number of aromatic nitrogens is 3. The lowest BCUT2D eigenvalue weighted by Gasteiger charge is -2.30. The Bertz CT molecular complexity index is 996. The molecule has 0 radical (unpaired) electrons. The predicted molar refractivity (Wildman–Crippen MR) is 96.9 cm³/mol. The molecule has 0 unspecified atom stereocenters. The van der Waals surface area contributed by atoms with Gasteiger partial charge < -0.3 is 4.57 Å². The average molecular weight is 419 g/mol. The van der Waals surface area contributed by atoms with Crippen LogP contribution in [0.3, 0.4) is 0 Å². The number of benzene rings is 1. The molecule has 3 rings (SSSR count). The van der Waals surface area contributed by atoms with Crippen LogP contribution >= 0.6 is 11.6 Å². The van der Waals surface area contributed by atoms with Crippen molar-refractivity contribution in [1.82, 2.24) is 19.1 Å². The molecular weight excluding hydrogens is 400 g/mol. The fourth-order valence-electron chi connectivity index (χ4n) is 3.00. The van der Waals surface area contributed by atoms with Gasteiger partial charge in [-0.2, -0.15) is 0 Å². The summed E-state index contributed by atoms with van der Waals surface area (Å²) in [6, 6.07) is 6.79. The summed E-state index contributed by atoms with van der Waals surface area (Å²) in [5.74, 6) is -0.201. The highest BCUT2D eigenvalue weighted by molar-refractivity contribution is 7.92. The number of aryl methyl sites for hydroxylation is 1. The van der Waals surface area contributed by atoms with Gasteiger partial charge in [0.1, 0.15) is 6.33 Å². The van der Waals surface area contributed by atoms with Crippen LogP contribution in [0.15, 0.2) is 35.7 Å². The highest BCUT2D eigenvalue weighted by Crippen LogP contribution is 2.26. The van der Waals surface area contributed by atoms with Gasteiger partial charge in [-0.1, -0.05) is 29.8 Å². The van der Waals surface area contributed by atoms with Crippen LogP contribution in [0.25, 0.3) is 0 Å². The quantitative estimate of drug-likeness (QED) is 0.723. The van der Waals surface area contributed by atoms with Crippen molar-refractivity contribution in [1.29, 1.82) is 0 Å². The summed E-state index contributed by atoms with van der Waals surface area (Å²) in [6.45, 7) is 0.295. The van der Waals surface area contributed by atoms with Gasteiger partial charge in [-0.15, -0.1) is 10.2 Å². The highest BCUT2D eigenvalue weighted by atomic mass is 35.5. The normalized spacial score (nSPS) is 17.5. The third-order valence-electron chi connectivity index (χ3n) is 4.45. The molecule has 8 nitrogen and oxygen atoms in total. The average Bonchev–Trinajstić information content (AvgIpc) is 3.04. The summed E-state index contributed by atoms with van der Waals surface area (Å²) in [5, 5.41) is 6.92. The molecular formula is C15H19ClN4O4S2. The molecule has 0 saturated carbocycles. The zero-order valence-electron chi connectivity index (χ0n) is 14.1. The molecule has 1 aliphatic heterocycles. The molecule has 1 fully saturated rings. The summed E-state index contributed by atoms with van der Waals surface area (Å²) >= 11 is 6.05. The van der Waals surface area contributed by atoms with Crippen LogP contribution in [-0.2, 0) is 32.7 Å². The van der Waals surface area contributed by atoms with Crippen molar-refractivity contribution in [2.24, 2.45) is 7.05 Å². The van der Waals surface area contributed by atoms with Crippen molar-refractivity contribution in [2.45, 2.75) is 29.0 Å².